The third kappa shape index (κ3) is 31.0. The van der Waals surface area contributed by atoms with Crippen LogP contribution in [0.4, 0.5) is 0 Å². The van der Waals surface area contributed by atoms with Crippen LogP contribution in [0, 0.1) is 0 Å². The molecule has 10 heteroatoms. The Morgan fingerprint density at radius 1 is 0.574 bits per heavy atom. The van der Waals surface area contributed by atoms with E-state index in [9.17, 15) is 35.4 Å². The maximum absolute atomic E-state index is 13.1. The fourth-order valence-corrected chi connectivity index (χ4v) is 7.90. The largest absolute Gasteiger partial charge is 0.394 e. The van der Waals surface area contributed by atoms with E-state index in [0.29, 0.717) is 12.8 Å². The second-order valence-corrected chi connectivity index (χ2v) is 17.8. The first-order chi connectivity index (χ1) is 29.8. The van der Waals surface area contributed by atoms with Gasteiger partial charge in [-0.3, -0.25) is 4.79 Å². The number of allylic oxidation sites excluding steroid dienone is 5. The minimum Gasteiger partial charge on any atom is -0.394 e. The quantitative estimate of drug-likeness (QED) is 0.0233. The molecule has 358 valence electrons. The molecule has 1 fully saturated rings. The first kappa shape index (κ1) is 57.4. The lowest BCUT2D eigenvalue weighted by molar-refractivity contribution is -0.302. The molecule has 0 bridgehead atoms. The Morgan fingerprint density at radius 2 is 1.00 bits per heavy atom. The number of hydrogen-bond donors (Lipinski definition) is 7. The third-order valence-corrected chi connectivity index (χ3v) is 12.1. The number of nitrogens with one attached hydrogen (secondary N) is 1. The van der Waals surface area contributed by atoms with Crippen molar-refractivity contribution in [3.8, 4) is 0 Å². The topological polar surface area (TPSA) is 169 Å². The van der Waals surface area contributed by atoms with E-state index in [4.69, 9.17) is 9.47 Å². The molecule has 10 nitrogen and oxygen atoms in total. The van der Waals surface area contributed by atoms with E-state index in [0.717, 1.165) is 64.2 Å². The van der Waals surface area contributed by atoms with Crippen LogP contribution in [-0.2, 0) is 14.3 Å². The minimum absolute atomic E-state index is 0.298. The van der Waals surface area contributed by atoms with Crippen molar-refractivity contribution in [2.45, 2.75) is 268 Å². The second kappa shape index (κ2) is 41.1. The zero-order valence-corrected chi connectivity index (χ0v) is 39.0. The van der Waals surface area contributed by atoms with Crippen molar-refractivity contribution in [3.63, 3.8) is 0 Å². The highest BCUT2D eigenvalue weighted by Gasteiger charge is 2.44. The summed E-state index contributed by atoms with van der Waals surface area (Å²) in [5.41, 5.74) is 0. The predicted molar refractivity (Wildman–Crippen MR) is 250 cm³/mol. The Labute approximate surface area is 373 Å². The first-order valence-electron chi connectivity index (χ1n) is 25.3. The van der Waals surface area contributed by atoms with Crippen LogP contribution < -0.4 is 5.32 Å². The Kier molecular flexibility index (Phi) is 38.7. The van der Waals surface area contributed by atoms with Crippen LogP contribution in [0.5, 0.6) is 0 Å². The van der Waals surface area contributed by atoms with E-state index in [1.165, 1.54) is 128 Å². The van der Waals surface area contributed by atoms with Gasteiger partial charge in [-0.1, -0.05) is 204 Å². The molecule has 1 rings (SSSR count). The summed E-state index contributed by atoms with van der Waals surface area (Å²) < 4.78 is 11.1. The van der Waals surface area contributed by atoms with Gasteiger partial charge in [0.1, 0.15) is 30.5 Å². The van der Waals surface area contributed by atoms with Crippen LogP contribution in [-0.4, -0.2) is 98.7 Å². The van der Waals surface area contributed by atoms with Crippen molar-refractivity contribution >= 4 is 5.91 Å². The number of carbonyl (C=O) groups excluding carboxylic acids is 1. The van der Waals surface area contributed by atoms with Gasteiger partial charge in [-0.05, 0) is 51.4 Å². The molecule has 0 aliphatic carbocycles. The lowest BCUT2D eigenvalue weighted by Gasteiger charge is -2.40. The van der Waals surface area contributed by atoms with Crippen LogP contribution in [0.2, 0.25) is 0 Å². The smallest absolute Gasteiger partial charge is 0.249 e. The molecule has 0 spiro atoms. The van der Waals surface area contributed by atoms with Crippen molar-refractivity contribution in [3.05, 3.63) is 36.5 Å². The van der Waals surface area contributed by atoms with Gasteiger partial charge in [0.05, 0.1) is 25.4 Å². The molecule has 8 unspecified atom stereocenters. The van der Waals surface area contributed by atoms with Gasteiger partial charge in [-0.2, -0.15) is 0 Å². The van der Waals surface area contributed by atoms with Crippen molar-refractivity contribution in [1.82, 2.24) is 5.32 Å². The Balaban J connectivity index is 2.35. The van der Waals surface area contributed by atoms with Crippen molar-refractivity contribution in [2.24, 2.45) is 0 Å². The second-order valence-electron chi connectivity index (χ2n) is 17.8. The van der Waals surface area contributed by atoms with E-state index in [1.807, 2.05) is 6.08 Å². The number of aliphatic hydroxyl groups is 6. The first-order valence-corrected chi connectivity index (χ1v) is 25.3. The number of unbranched alkanes of at least 4 members (excludes halogenated alkanes) is 27. The van der Waals surface area contributed by atoms with Gasteiger partial charge in [0, 0.05) is 0 Å². The average Bonchev–Trinajstić information content (AvgIpc) is 3.26. The summed E-state index contributed by atoms with van der Waals surface area (Å²) in [6.45, 7) is 3.61. The average molecular weight is 866 g/mol. The molecule has 1 heterocycles. The van der Waals surface area contributed by atoms with Crippen molar-refractivity contribution in [2.75, 3.05) is 13.2 Å². The maximum Gasteiger partial charge on any atom is 0.249 e. The molecular weight excluding hydrogens is 771 g/mol. The van der Waals surface area contributed by atoms with Crippen LogP contribution in [0.1, 0.15) is 219 Å². The number of carbonyl (C=O) groups is 1. The lowest BCUT2D eigenvalue weighted by atomic mass is 9.99. The molecule has 0 saturated carbocycles. The normalized spacial score (nSPS) is 21.2. The zero-order valence-electron chi connectivity index (χ0n) is 39.0. The van der Waals surface area contributed by atoms with Crippen LogP contribution in [0.25, 0.3) is 0 Å². The summed E-state index contributed by atoms with van der Waals surface area (Å²) in [7, 11) is 0. The molecule has 0 aromatic carbocycles. The molecule has 8 atom stereocenters. The third-order valence-electron chi connectivity index (χ3n) is 12.1. The molecule has 1 saturated heterocycles. The molecule has 0 aromatic heterocycles. The summed E-state index contributed by atoms with van der Waals surface area (Å²) >= 11 is 0. The highest BCUT2D eigenvalue weighted by molar-refractivity contribution is 5.80. The van der Waals surface area contributed by atoms with Crippen LogP contribution in [0.3, 0.4) is 0 Å². The van der Waals surface area contributed by atoms with Gasteiger partial charge in [-0.15, -0.1) is 0 Å². The van der Waals surface area contributed by atoms with Gasteiger partial charge in [0.2, 0.25) is 5.91 Å². The maximum atomic E-state index is 13.1. The standard InChI is InChI=1S/C51H95NO9/c1-3-5-7-9-11-13-15-17-19-20-21-22-23-24-25-26-28-30-32-34-36-38-40-45(55)50(59)52-43(42-60-51-49(58)48(57)47(56)46(41-53)61-51)44(54)39-37-35-33-31-29-27-18-16-14-12-10-8-6-4-2/h21-22,24-25,37,39,43-49,51,53-58H,3-20,23,26-36,38,40-42H2,1-2H3,(H,52,59)/b22-21-,25-24-,39-37+. The minimum atomic E-state index is -1.61. The number of aliphatic hydroxyl groups excluding tert-OH is 6. The van der Waals surface area contributed by atoms with Crippen LogP contribution in [0.15, 0.2) is 36.5 Å². The SMILES string of the molecule is CCCCCCCCCCC/C=C\C/C=C\CCCCCCCCC(O)C(=O)NC(COC1OC(CO)C(O)C(O)C1O)C(O)/C=C/CCCCCCCCCCCCCC. The van der Waals surface area contributed by atoms with Crippen LogP contribution >= 0.6 is 0 Å². The molecule has 1 aliphatic heterocycles. The number of rotatable bonds is 42. The van der Waals surface area contributed by atoms with Gasteiger partial charge in [0.15, 0.2) is 6.29 Å². The van der Waals surface area contributed by atoms with Gasteiger partial charge < -0.3 is 45.4 Å². The van der Waals surface area contributed by atoms with Gasteiger partial charge in [0.25, 0.3) is 0 Å². The summed E-state index contributed by atoms with van der Waals surface area (Å²) in [6, 6.07) is -0.984. The Hall–Kier alpha value is -1.63. The van der Waals surface area contributed by atoms with E-state index in [2.05, 4.69) is 43.5 Å². The molecule has 0 radical (unpaired) electrons. The molecule has 1 amide bonds. The van der Waals surface area contributed by atoms with E-state index < -0.39 is 61.5 Å². The van der Waals surface area contributed by atoms with Gasteiger partial charge >= 0.3 is 0 Å². The van der Waals surface area contributed by atoms with Crippen molar-refractivity contribution in [1.29, 1.82) is 0 Å². The lowest BCUT2D eigenvalue weighted by Crippen LogP contribution is -2.60. The fourth-order valence-electron chi connectivity index (χ4n) is 7.90. The van der Waals surface area contributed by atoms with Gasteiger partial charge in [-0.25, -0.2) is 0 Å². The zero-order chi connectivity index (χ0) is 44.6. The number of ether oxygens (including phenoxy) is 2. The molecule has 0 aromatic rings. The molecular formula is C51H95NO9. The van der Waals surface area contributed by atoms with E-state index in [-0.39, 0.29) is 6.61 Å². The number of amides is 1. The Bertz CT molecular complexity index is 1070. The summed E-state index contributed by atoms with van der Waals surface area (Å²) in [5, 5.41) is 64.8. The summed E-state index contributed by atoms with van der Waals surface area (Å²) in [6.07, 6.45) is 40.9. The van der Waals surface area contributed by atoms with Crippen molar-refractivity contribution < 1.29 is 44.9 Å². The predicted octanol–water partition coefficient (Wildman–Crippen LogP) is 10.2. The fraction of sp³-hybridized carbons (Fsp3) is 0.863. The number of hydrogen-bond acceptors (Lipinski definition) is 9. The molecule has 7 N–H and O–H groups in total. The van der Waals surface area contributed by atoms with E-state index >= 15 is 0 Å². The highest BCUT2D eigenvalue weighted by atomic mass is 16.7. The summed E-state index contributed by atoms with van der Waals surface area (Å²) in [4.78, 5) is 13.1. The molecule has 61 heavy (non-hydrogen) atoms. The highest BCUT2D eigenvalue weighted by Crippen LogP contribution is 2.23. The Morgan fingerprint density at radius 3 is 1.46 bits per heavy atom. The monoisotopic (exact) mass is 866 g/mol. The van der Waals surface area contributed by atoms with E-state index in [1.54, 1.807) is 6.08 Å². The molecule has 1 aliphatic rings. The summed E-state index contributed by atoms with van der Waals surface area (Å²) in [5.74, 6) is -0.624.